The molecular formula is C25H50O4. The van der Waals surface area contributed by atoms with Crippen LogP contribution in [0.5, 0.6) is 0 Å². The zero-order chi connectivity index (χ0) is 22.2. The molecule has 1 aliphatic rings. The molecule has 1 rings (SSSR count). The number of hydrogen-bond acceptors (Lipinski definition) is 4. The lowest BCUT2D eigenvalue weighted by molar-refractivity contribution is -0.551. The molecule has 4 nitrogen and oxygen atoms in total. The Labute approximate surface area is 181 Å². The quantitative estimate of drug-likeness (QED) is 0.124. The molecule has 0 saturated heterocycles. The van der Waals surface area contributed by atoms with E-state index in [1.54, 1.807) is 0 Å². The Morgan fingerprint density at radius 2 is 1.21 bits per heavy atom. The standard InChI is InChI=1S/C25H50O4/c1-10-12-14-16-23(6,7)26-28-25(19-18-22(4,5)21(3)20-25)29-27-24(8,9)17-15-13-11-2/h21H,10-20H2,1-9H3. The van der Waals surface area contributed by atoms with Crippen molar-refractivity contribution in [1.29, 1.82) is 0 Å². The maximum atomic E-state index is 6.10. The third kappa shape index (κ3) is 9.67. The molecule has 0 heterocycles. The Balaban J connectivity index is 2.77. The summed E-state index contributed by atoms with van der Waals surface area (Å²) in [5, 5.41) is 0. The first-order valence-corrected chi connectivity index (χ1v) is 12.1. The number of rotatable bonds is 14. The fourth-order valence-electron chi connectivity index (χ4n) is 3.83. The average molecular weight is 415 g/mol. The summed E-state index contributed by atoms with van der Waals surface area (Å²) in [6.45, 7) is 19.8. The predicted octanol–water partition coefficient (Wildman–Crippen LogP) is 8.14. The SMILES string of the molecule is CCCCCC(C)(C)OOC1(OOC(C)(C)CCCCC)CCC(C)(C)C(C)C1. The van der Waals surface area contributed by atoms with Crippen molar-refractivity contribution in [2.24, 2.45) is 11.3 Å². The van der Waals surface area contributed by atoms with Gasteiger partial charge >= 0.3 is 0 Å². The molecule has 0 aliphatic heterocycles. The lowest BCUT2D eigenvalue weighted by Crippen LogP contribution is -2.48. The van der Waals surface area contributed by atoms with Crippen molar-refractivity contribution >= 4 is 0 Å². The normalized spacial score (nSPS) is 22.0. The maximum absolute atomic E-state index is 6.10. The molecular weight excluding hydrogens is 364 g/mol. The monoisotopic (exact) mass is 414 g/mol. The maximum Gasteiger partial charge on any atom is 0.234 e. The van der Waals surface area contributed by atoms with Crippen molar-refractivity contribution in [2.75, 3.05) is 0 Å². The van der Waals surface area contributed by atoms with E-state index in [4.69, 9.17) is 19.6 Å². The molecule has 0 spiro atoms. The molecule has 0 aromatic carbocycles. The van der Waals surface area contributed by atoms with E-state index in [9.17, 15) is 0 Å². The second-order valence-corrected chi connectivity index (χ2v) is 11.3. The minimum Gasteiger partial charge on any atom is -0.228 e. The molecule has 174 valence electrons. The second kappa shape index (κ2) is 11.5. The van der Waals surface area contributed by atoms with Crippen LogP contribution in [0.2, 0.25) is 0 Å². The zero-order valence-electron chi connectivity index (χ0n) is 21.0. The molecule has 0 bridgehead atoms. The molecule has 1 atom stereocenters. The van der Waals surface area contributed by atoms with E-state index in [1.165, 1.54) is 25.7 Å². The Hall–Kier alpha value is -0.160. The van der Waals surface area contributed by atoms with Gasteiger partial charge in [-0.25, -0.2) is 9.78 Å². The van der Waals surface area contributed by atoms with E-state index in [0.29, 0.717) is 5.92 Å². The first kappa shape index (κ1) is 26.9. The highest BCUT2D eigenvalue weighted by Crippen LogP contribution is 2.47. The Morgan fingerprint density at radius 3 is 1.59 bits per heavy atom. The predicted molar refractivity (Wildman–Crippen MR) is 120 cm³/mol. The lowest BCUT2D eigenvalue weighted by Gasteiger charge is -2.46. The summed E-state index contributed by atoms with van der Waals surface area (Å²) in [6.07, 6.45) is 11.7. The molecule has 0 aromatic heterocycles. The van der Waals surface area contributed by atoms with Crippen LogP contribution in [-0.2, 0) is 19.6 Å². The fourth-order valence-corrected chi connectivity index (χ4v) is 3.83. The smallest absolute Gasteiger partial charge is 0.228 e. The van der Waals surface area contributed by atoms with Gasteiger partial charge in [-0.1, -0.05) is 73.1 Å². The van der Waals surface area contributed by atoms with Gasteiger partial charge < -0.3 is 0 Å². The Kier molecular flexibility index (Phi) is 10.6. The second-order valence-electron chi connectivity index (χ2n) is 11.3. The highest BCUT2D eigenvalue weighted by Gasteiger charge is 2.48. The van der Waals surface area contributed by atoms with E-state index in [-0.39, 0.29) is 16.6 Å². The van der Waals surface area contributed by atoms with Crippen LogP contribution < -0.4 is 0 Å². The highest BCUT2D eigenvalue weighted by atomic mass is 17.3. The van der Waals surface area contributed by atoms with Gasteiger partial charge in [-0.15, -0.1) is 0 Å². The van der Waals surface area contributed by atoms with Gasteiger partial charge in [-0.2, -0.15) is 9.78 Å². The fraction of sp³-hybridized carbons (Fsp3) is 1.00. The van der Waals surface area contributed by atoms with Gasteiger partial charge in [0.2, 0.25) is 5.79 Å². The van der Waals surface area contributed by atoms with Gasteiger partial charge in [0.1, 0.15) is 0 Å². The molecule has 1 unspecified atom stereocenters. The third-order valence-corrected chi connectivity index (χ3v) is 6.70. The lowest BCUT2D eigenvalue weighted by atomic mass is 9.68. The van der Waals surface area contributed by atoms with E-state index >= 15 is 0 Å². The Bertz CT molecular complexity index is 430. The first-order valence-electron chi connectivity index (χ1n) is 12.1. The van der Waals surface area contributed by atoms with Gasteiger partial charge in [-0.3, -0.25) is 0 Å². The largest absolute Gasteiger partial charge is 0.234 e. The molecule has 0 radical (unpaired) electrons. The molecule has 29 heavy (non-hydrogen) atoms. The van der Waals surface area contributed by atoms with Gasteiger partial charge in [0, 0.05) is 12.8 Å². The van der Waals surface area contributed by atoms with Crippen molar-refractivity contribution in [3.05, 3.63) is 0 Å². The zero-order valence-corrected chi connectivity index (χ0v) is 21.0. The van der Waals surface area contributed by atoms with Crippen molar-refractivity contribution in [3.8, 4) is 0 Å². The van der Waals surface area contributed by atoms with Crippen LogP contribution in [0.25, 0.3) is 0 Å². The summed E-state index contributed by atoms with van der Waals surface area (Å²) in [5.41, 5.74) is -0.403. The van der Waals surface area contributed by atoms with Crippen molar-refractivity contribution in [1.82, 2.24) is 0 Å². The van der Waals surface area contributed by atoms with Crippen LogP contribution in [0.3, 0.4) is 0 Å². The minimum absolute atomic E-state index is 0.267. The molecule has 0 N–H and O–H groups in total. The summed E-state index contributed by atoms with van der Waals surface area (Å²) in [5.74, 6) is -0.381. The summed E-state index contributed by atoms with van der Waals surface area (Å²) in [7, 11) is 0. The molecule has 0 amide bonds. The molecule has 1 fully saturated rings. The molecule has 0 aromatic rings. The van der Waals surface area contributed by atoms with Crippen LogP contribution in [0.15, 0.2) is 0 Å². The summed E-state index contributed by atoms with van der Waals surface area (Å²) in [4.78, 5) is 24.2. The van der Waals surface area contributed by atoms with Crippen molar-refractivity contribution in [3.63, 3.8) is 0 Å². The van der Waals surface area contributed by atoms with Gasteiger partial charge in [-0.05, 0) is 58.3 Å². The van der Waals surface area contributed by atoms with Crippen LogP contribution in [-0.4, -0.2) is 17.0 Å². The van der Waals surface area contributed by atoms with Crippen LogP contribution >= 0.6 is 0 Å². The van der Waals surface area contributed by atoms with Gasteiger partial charge in [0.15, 0.2) is 0 Å². The number of hydrogen-bond donors (Lipinski definition) is 0. The van der Waals surface area contributed by atoms with Crippen molar-refractivity contribution in [2.45, 2.75) is 150 Å². The van der Waals surface area contributed by atoms with E-state index in [2.05, 4.69) is 62.3 Å². The van der Waals surface area contributed by atoms with E-state index in [0.717, 1.165) is 44.9 Å². The van der Waals surface area contributed by atoms with Crippen LogP contribution in [0.1, 0.15) is 133 Å². The van der Waals surface area contributed by atoms with E-state index in [1.807, 2.05) is 0 Å². The third-order valence-electron chi connectivity index (χ3n) is 6.70. The first-order chi connectivity index (χ1) is 13.4. The van der Waals surface area contributed by atoms with Gasteiger partial charge in [0.05, 0.1) is 11.2 Å². The van der Waals surface area contributed by atoms with Crippen molar-refractivity contribution < 1.29 is 19.6 Å². The molecule has 1 aliphatic carbocycles. The topological polar surface area (TPSA) is 36.9 Å². The van der Waals surface area contributed by atoms with Crippen LogP contribution in [0.4, 0.5) is 0 Å². The molecule has 4 heteroatoms. The highest BCUT2D eigenvalue weighted by molar-refractivity contribution is 4.88. The Morgan fingerprint density at radius 1 is 0.759 bits per heavy atom. The summed E-state index contributed by atoms with van der Waals surface area (Å²) >= 11 is 0. The minimum atomic E-state index is -0.834. The number of unbranched alkanes of at least 4 members (excludes halogenated alkanes) is 4. The van der Waals surface area contributed by atoms with Crippen LogP contribution in [0, 0.1) is 11.3 Å². The van der Waals surface area contributed by atoms with E-state index < -0.39 is 5.79 Å². The summed E-state index contributed by atoms with van der Waals surface area (Å²) in [6, 6.07) is 0. The summed E-state index contributed by atoms with van der Waals surface area (Å²) < 4.78 is 0. The van der Waals surface area contributed by atoms with Gasteiger partial charge in [0.25, 0.3) is 0 Å². The average Bonchev–Trinajstić information content (AvgIpc) is 2.62. The molecule has 1 saturated carbocycles.